The van der Waals surface area contributed by atoms with Gasteiger partial charge in [0.1, 0.15) is 11.6 Å². The summed E-state index contributed by atoms with van der Waals surface area (Å²) < 4.78 is 28.6. The molecule has 12 heteroatoms. The summed E-state index contributed by atoms with van der Waals surface area (Å²) in [6.07, 6.45) is 9.62. The first kappa shape index (κ1) is 35.5. The molecule has 0 bridgehead atoms. The zero-order valence-electron chi connectivity index (χ0n) is 29.0. The van der Waals surface area contributed by atoms with Crippen LogP contribution in [0.25, 0.3) is 0 Å². The van der Waals surface area contributed by atoms with Gasteiger partial charge in [0, 0.05) is 44.0 Å². The highest BCUT2D eigenvalue weighted by atomic mass is 32.2. The molecule has 1 aromatic heterocycles. The first-order valence-electron chi connectivity index (χ1n) is 17.6. The summed E-state index contributed by atoms with van der Waals surface area (Å²) in [5.74, 6) is 0.586. The lowest BCUT2D eigenvalue weighted by molar-refractivity contribution is -0.162. The van der Waals surface area contributed by atoms with Gasteiger partial charge in [-0.25, -0.2) is 13.1 Å². The van der Waals surface area contributed by atoms with Crippen LogP contribution < -0.4 is 10.0 Å². The molecule has 260 valence electrons. The zero-order chi connectivity index (χ0) is 33.8. The largest absolute Gasteiger partial charge is 0.342 e. The predicted molar refractivity (Wildman–Crippen MR) is 183 cm³/mol. The van der Waals surface area contributed by atoms with Crippen molar-refractivity contribution in [1.29, 1.82) is 0 Å². The molecule has 1 aliphatic carbocycles. The second-order valence-corrected chi connectivity index (χ2v) is 16.0. The molecule has 2 amide bonds. The topological polar surface area (TPSA) is 131 Å². The molecule has 47 heavy (non-hydrogen) atoms. The number of carbonyl (C=O) groups excluding carboxylic acids is 2. The second-order valence-electron chi connectivity index (χ2n) is 14.2. The molecule has 2 aliphatic heterocycles. The summed E-state index contributed by atoms with van der Waals surface area (Å²) in [6, 6.07) is 6.51. The number of aryl methyl sites for hydroxylation is 2. The van der Waals surface area contributed by atoms with Crippen molar-refractivity contribution in [1.82, 2.24) is 34.9 Å². The highest BCUT2D eigenvalue weighted by Crippen LogP contribution is 2.40. The summed E-state index contributed by atoms with van der Waals surface area (Å²) in [6.45, 7) is 8.87. The van der Waals surface area contributed by atoms with Crippen molar-refractivity contribution in [2.24, 2.45) is 5.92 Å². The number of aromatic nitrogens is 2. The number of aromatic amines is 1. The van der Waals surface area contributed by atoms with Gasteiger partial charge in [-0.15, -0.1) is 0 Å². The number of likely N-dealkylation sites (tertiary alicyclic amines) is 1. The number of rotatable bonds is 13. The Bertz CT molecular complexity index is 1460. The fourth-order valence-electron chi connectivity index (χ4n) is 7.92. The average molecular weight is 670 g/mol. The van der Waals surface area contributed by atoms with Gasteiger partial charge in [-0.05, 0) is 77.2 Å². The van der Waals surface area contributed by atoms with Gasteiger partial charge in [-0.1, -0.05) is 57.6 Å². The number of carbonyl (C=O) groups is 2. The number of hydrogen-bond acceptors (Lipinski definition) is 7. The van der Waals surface area contributed by atoms with Gasteiger partial charge in [0.05, 0.1) is 16.6 Å². The molecule has 11 nitrogen and oxygen atoms in total. The van der Waals surface area contributed by atoms with Crippen molar-refractivity contribution < 1.29 is 18.0 Å². The summed E-state index contributed by atoms with van der Waals surface area (Å²) in [5, 5.41) is 10.8. The van der Waals surface area contributed by atoms with Crippen molar-refractivity contribution >= 4 is 21.8 Å². The Morgan fingerprint density at radius 2 is 1.74 bits per heavy atom. The van der Waals surface area contributed by atoms with Gasteiger partial charge in [-0.2, -0.15) is 5.10 Å². The summed E-state index contributed by atoms with van der Waals surface area (Å²) in [4.78, 5) is 34.6. The molecule has 2 aromatic rings. The number of hydrogen-bond donors (Lipinski definition) is 3. The van der Waals surface area contributed by atoms with Crippen molar-refractivity contribution in [2.75, 3.05) is 46.8 Å². The van der Waals surface area contributed by atoms with E-state index in [9.17, 15) is 18.0 Å². The van der Waals surface area contributed by atoms with Crippen molar-refractivity contribution in [3.8, 4) is 0 Å². The number of nitrogens with one attached hydrogen (secondary N) is 3. The van der Waals surface area contributed by atoms with E-state index < -0.39 is 21.6 Å². The summed E-state index contributed by atoms with van der Waals surface area (Å²) in [7, 11) is 0.167. The van der Waals surface area contributed by atoms with E-state index >= 15 is 0 Å². The highest BCUT2D eigenvalue weighted by molar-refractivity contribution is 7.89. The number of piperidine rings is 1. The van der Waals surface area contributed by atoms with E-state index in [4.69, 9.17) is 0 Å². The number of H-pyrrole nitrogens is 1. The van der Waals surface area contributed by atoms with Crippen molar-refractivity contribution in [2.45, 2.75) is 107 Å². The quantitative estimate of drug-likeness (QED) is 0.295. The number of nitrogens with zero attached hydrogens (tertiary/aromatic N) is 4. The molecule has 1 saturated carbocycles. The molecule has 1 spiro atoms. The number of likely N-dealkylation sites (N-methyl/N-ethyl adjacent to an activating group) is 1. The van der Waals surface area contributed by atoms with E-state index in [1.807, 2.05) is 49.9 Å². The van der Waals surface area contributed by atoms with E-state index in [0.29, 0.717) is 51.5 Å². The number of benzene rings is 1. The van der Waals surface area contributed by atoms with Gasteiger partial charge in [0.15, 0.2) is 0 Å². The van der Waals surface area contributed by atoms with Gasteiger partial charge in [-0.3, -0.25) is 19.6 Å². The Balaban J connectivity index is 1.37. The van der Waals surface area contributed by atoms with Crippen LogP contribution in [-0.4, -0.2) is 104 Å². The third kappa shape index (κ3) is 7.76. The van der Waals surface area contributed by atoms with Crippen LogP contribution in [0.5, 0.6) is 0 Å². The van der Waals surface area contributed by atoms with E-state index in [1.54, 1.807) is 12.1 Å². The first-order chi connectivity index (χ1) is 22.5. The third-order valence-electron chi connectivity index (χ3n) is 10.6. The van der Waals surface area contributed by atoms with Gasteiger partial charge >= 0.3 is 0 Å². The number of unbranched alkanes of at least 4 members (excludes halogenated alkanes) is 1. The minimum absolute atomic E-state index is 0.00258. The van der Waals surface area contributed by atoms with Crippen LogP contribution in [0, 0.1) is 19.8 Å². The Morgan fingerprint density at radius 3 is 2.34 bits per heavy atom. The fraction of sp³-hybridized carbons (Fsp3) is 0.686. The molecule has 0 radical (unpaired) electrons. The van der Waals surface area contributed by atoms with Crippen LogP contribution in [0.3, 0.4) is 0 Å². The van der Waals surface area contributed by atoms with Gasteiger partial charge in [0.2, 0.25) is 21.8 Å². The summed E-state index contributed by atoms with van der Waals surface area (Å²) >= 11 is 0. The lowest BCUT2D eigenvalue weighted by Crippen LogP contribution is -2.73. The van der Waals surface area contributed by atoms with Crippen molar-refractivity contribution in [3.63, 3.8) is 0 Å². The Hall–Kier alpha value is -2.80. The normalized spacial score (nSPS) is 21.8. The number of amides is 2. The molecule has 1 unspecified atom stereocenters. The molecule has 2 atom stereocenters. The molecule has 1 aromatic carbocycles. The third-order valence-corrected chi connectivity index (χ3v) is 12.1. The van der Waals surface area contributed by atoms with E-state index in [2.05, 4.69) is 32.1 Å². The molecule has 3 N–H and O–H groups in total. The fourth-order valence-corrected chi connectivity index (χ4v) is 8.94. The maximum absolute atomic E-state index is 14.1. The minimum atomic E-state index is -3.64. The average Bonchev–Trinajstić information content (AvgIpc) is 3.38. The predicted octanol–water partition coefficient (Wildman–Crippen LogP) is 3.89. The molecular weight excluding hydrogens is 614 g/mol. The van der Waals surface area contributed by atoms with Gasteiger partial charge in [0.25, 0.3) is 0 Å². The van der Waals surface area contributed by atoms with Crippen molar-refractivity contribution in [3.05, 3.63) is 46.8 Å². The standard InChI is InChI=1S/C35H55N7O4S/c1-6-7-20-42-33(43)30(24-27-11-9-8-10-12-27)37-34(44)35(42)17-21-41(22-18-35)32(31-25(2)38-39-26(31)3)28-13-15-29(16-14-28)47(45,46)36-19-23-40(4)5/h13-16,27,30,32,36H,6-12,17-24H2,1-5H3,(H,37,44)(H,38,39)/t30-,32?/m0/s1. The lowest BCUT2D eigenvalue weighted by atomic mass is 9.78. The van der Waals surface area contributed by atoms with Crippen LogP contribution in [0.15, 0.2) is 29.2 Å². The van der Waals surface area contributed by atoms with Crippen LogP contribution in [0.2, 0.25) is 0 Å². The molecule has 3 fully saturated rings. The molecule has 5 rings (SSSR count). The molecular formula is C35H55N7O4S. The van der Waals surface area contributed by atoms with Crippen LogP contribution >= 0.6 is 0 Å². The van der Waals surface area contributed by atoms with E-state index in [0.717, 1.165) is 54.6 Å². The van der Waals surface area contributed by atoms with Crippen LogP contribution in [-0.2, 0) is 19.6 Å². The van der Waals surface area contributed by atoms with Crippen LogP contribution in [0.1, 0.15) is 99.7 Å². The Labute approximate surface area is 281 Å². The zero-order valence-corrected chi connectivity index (χ0v) is 29.8. The van der Waals surface area contributed by atoms with Crippen LogP contribution in [0.4, 0.5) is 0 Å². The first-order valence-corrected chi connectivity index (χ1v) is 19.1. The minimum Gasteiger partial charge on any atom is -0.342 e. The summed E-state index contributed by atoms with van der Waals surface area (Å²) in [5.41, 5.74) is 3.00. The van der Waals surface area contributed by atoms with Gasteiger partial charge < -0.3 is 15.1 Å². The van der Waals surface area contributed by atoms with E-state index in [-0.39, 0.29) is 22.8 Å². The molecule has 2 saturated heterocycles. The maximum Gasteiger partial charge on any atom is 0.246 e. The maximum atomic E-state index is 14.1. The number of sulfonamides is 1. The van der Waals surface area contributed by atoms with E-state index in [1.165, 1.54) is 19.3 Å². The Morgan fingerprint density at radius 1 is 1.06 bits per heavy atom. The smallest absolute Gasteiger partial charge is 0.246 e. The number of piperazine rings is 1. The Kier molecular flexibility index (Phi) is 11.5. The second kappa shape index (κ2) is 15.2. The molecule has 3 aliphatic rings. The lowest BCUT2D eigenvalue weighted by Gasteiger charge is -2.53. The highest BCUT2D eigenvalue weighted by Gasteiger charge is 2.54. The monoisotopic (exact) mass is 669 g/mol. The SMILES string of the molecule is CCCCN1C(=O)[C@H](CC2CCCCC2)NC(=O)C12CCN(C(c1ccc(S(=O)(=O)NCCN(C)C)cc1)c1c(C)n[nH]c1C)CC2. The molecule has 3 heterocycles.